The number of rotatable bonds is 3. The van der Waals surface area contributed by atoms with Gasteiger partial charge in [-0.05, 0) is 28.7 Å². The summed E-state index contributed by atoms with van der Waals surface area (Å²) >= 11 is 0. The van der Waals surface area contributed by atoms with Gasteiger partial charge in [0.05, 0.1) is 0 Å². The highest BCUT2D eigenvalue weighted by Crippen LogP contribution is 2.33. The normalized spacial score (nSPS) is 12.0. The van der Waals surface area contributed by atoms with Gasteiger partial charge in [-0.2, -0.15) is 0 Å². The van der Waals surface area contributed by atoms with Gasteiger partial charge in [-0.25, -0.2) is 0 Å². The van der Waals surface area contributed by atoms with Gasteiger partial charge in [-0.1, -0.05) is 69.3 Å². The zero-order valence-corrected chi connectivity index (χ0v) is 12.8. The lowest BCUT2D eigenvalue weighted by Gasteiger charge is -2.23. The third-order valence-corrected chi connectivity index (χ3v) is 3.28. The third-order valence-electron chi connectivity index (χ3n) is 3.28. The molecule has 0 saturated heterocycles. The number of hydrogen-bond donors (Lipinski definition) is 1. The number of amides is 1. The number of carbonyl (C=O) groups excluding carboxylic acids is 1. The lowest BCUT2D eigenvalue weighted by molar-refractivity contribution is 0.0970. The molecule has 0 heterocycles. The zero-order valence-electron chi connectivity index (χ0n) is 12.8. The average molecular weight is 279 g/mol. The van der Waals surface area contributed by atoms with Crippen LogP contribution >= 0.6 is 0 Å². The smallest absolute Gasteiger partial charge is 0.255 e. The Hall–Kier alpha value is -2.35. The van der Waals surface area contributed by atoms with Crippen molar-refractivity contribution in [3.8, 4) is 0 Å². The molecule has 2 heteroatoms. The first-order valence-electron chi connectivity index (χ1n) is 7.10. The van der Waals surface area contributed by atoms with Gasteiger partial charge in [-0.15, -0.1) is 0 Å². The minimum atomic E-state index is -0.0896. The maximum absolute atomic E-state index is 12.2. The summed E-state index contributed by atoms with van der Waals surface area (Å²) in [6, 6.07) is 19.4. The first kappa shape index (κ1) is 15.0. The molecule has 0 atom stereocenters. The zero-order chi connectivity index (χ0) is 15.3. The summed E-state index contributed by atoms with van der Waals surface area (Å²) in [4.78, 5) is 12.2. The second-order valence-electron chi connectivity index (χ2n) is 6.01. The van der Waals surface area contributed by atoms with E-state index < -0.39 is 0 Å². The Kier molecular flexibility index (Phi) is 4.59. The predicted molar refractivity (Wildman–Crippen MR) is 87.8 cm³/mol. The van der Waals surface area contributed by atoms with Crippen LogP contribution < -0.4 is 5.32 Å². The summed E-state index contributed by atoms with van der Waals surface area (Å²) < 4.78 is 0. The second kappa shape index (κ2) is 6.40. The number of hydrogen-bond acceptors (Lipinski definition) is 1. The van der Waals surface area contributed by atoms with Crippen LogP contribution in [0.15, 0.2) is 66.9 Å². The SMILES string of the molecule is CC(C)(C)/C(=C/NC(=O)c1ccccc1)c1ccccc1. The summed E-state index contributed by atoms with van der Waals surface area (Å²) in [7, 11) is 0. The fraction of sp³-hybridized carbons (Fsp3) is 0.211. The van der Waals surface area contributed by atoms with E-state index in [-0.39, 0.29) is 11.3 Å². The third kappa shape index (κ3) is 4.06. The molecule has 0 saturated carbocycles. The first-order chi connectivity index (χ1) is 9.98. The van der Waals surface area contributed by atoms with Gasteiger partial charge in [0, 0.05) is 11.8 Å². The summed E-state index contributed by atoms with van der Waals surface area (Å²) in [5.41, 5.74) is 2.84. The van der Waals surface area contributed by atoms with E-state index in [1.807, 2.05) is 54.7 Å². The standard InChI is InChI=1S/C19H21NO/c1-19(2,3)17(15-10-6-4-7-11-15)14-20-18(21)16-12-8-5-9-13-16/h4-14H,1-3H3,(H,20,21)/b17-14+. The van der Waals surface area contributed by atoms with Crippen molar-refractivity contribution < 1.29 is 4.79 Å². The Labute approximate surface area is 126 Å². The first-order valence-corrected chi connectivity index (χ1v) is 7.10. The molecule has 2 nitrogen and oxygen atoms in total. The molecule has 0 aliphatic heterocycles. The van der Waals surface area contributed by atoms with Crippen LogP contribution in [0.25, 0.3) is 5.57 Å². The highest BCUT2D eigenvalue weighted by Gasteiger charge is 2.19. The molecule has 0 radical (unpaired) electrons. The molecule has 0 aliphatic carbocycles. The molecular formula is C19H21NO. The molecule has 1 N–H and O–H groups in total. The van der Waals surface area contributed by atoms with Crippen LogP contribution in [-0.4, -0.2) is 5.91 Å². The largest absolute Gasteiger partial charge is 0.328 e. The van der Waals surface area contributed by atoms with Crippen molar-refractivity contribution in [1.82, 2.24) is 5.32 Å². The van der Waals surface area contributed by atoms with Crippen molar-refractivity contribution in [3.05, 3.63) is 78.0 Å². The molecule has 0 bridgehead atoms. The van der Waals surface area contributed by atoms with Crippen LogP contribution in [0.2, 0.25) is 0 Å². The van der Waals surface area contributed by atoms with E-state index in [1.54, 1.807) is 0 Å². The van der Waals surface area contributed by atoms with Crippen molar-refractivity contribution in [2.45, 2.75) is 20.8 Å². The molecular weight excluding hydrogens is 258 g/mol. The summed E-state index contributed by atoms with van der Waals surface area (Å²) in [5.74, 6) is -0.0896. The molecule has 2 aromatic carbocycles. The minimum Gasteiger partial charge on any atom is -0.328 e. The number of carbonyl (C=O) groups is 1. The maximum atomic E-state index is 12.2. The Bertz CT molecular complexity index is 622. The van der Waals surface area contributed by atoms with Gasteiger partial charge >= 0.3 is 0 Å². The number of allylic oxidation sites excluding steroid dienone is 1. The van der Waals surface area contributed by atoms with Gasteiger partial charge in [-0.3, -0.25) is 4.79 Å². The van der Waals surface area contributed by atoms with E-state index in [0.717, 1.165) is 11.1 Å². The Morgan fingerprint density at radius 2 is 1.33 bits per heavy atom. The van der Waals surface area contributed by atoms with Crippen molar-refractivity contribution in [2.75, 3.05) is 0 Å². The molecule has 21 heavy (non-hydrogen) atoms. The Morgan fingerprint density at radius 3 is 1.81 bits per heavy atom. The van der Waals surface area contributed by atoms with Gasteiger partial charge in [0.25, 0.3) is 5.91 Å². The van der Waals surface area contributed by atoms with Crippen molar-refractivity contribution in [3.63, 3.8) is 0 Å². The van der Waals surface area contributed by atoms with Crippen LogP contribution in [-0.2, 0) is 0 Å². The van der Waals surface area contributed by atoms with Gasteiger partial charge in [0.15, 0.2) is 0 Å². The molecule has 2 aromatic rings. The molecule has 0 aliphatic rings. The molecule has 1 amide bonds. The Morgan fingerprint density at radius 1 is 0.857 bits per heavy atom. The van der Waals surface area contributed by atoms with E-state index in [9.17, 15) is 4.79 Å². The number of benzene rings is 2. The van der Waals surface area contributed by atoms with E-state index in [0.29, 0.717) is 5.56 Å². The molecule has 0 aromatic heterocycles. The molecule has 0 spiro atoms. The maximum Gasteiger partial charge on any atom is 0.255 e. The quantitative estimate of drug-likeness (QED) is 0.880. The van der Waals surface area contributed by atoms with Gasteiger partial charge < -0.3 is 5.32 Å². The van der Waals surface area contributed by atoms with Gasteiger partial charge in [0.1, 0.15) is 0 Å². The average Bonchev–Trinajstić information content (AvgIpc) is 2.48. The highest BCUT2D eigenvalue weighted by atomic mass is 16.1. The van der Waals surface area contributed by atoms with Crippen molar-refractivity contribution >= 4 is 11.5 Å². The second-order valence-corrected chi connectivity index (χ2v) is 6.01. The molecule has 108 valence electrons. The van der Waals surface area contributed by atoms with Crippen LogP contribution in [0.3, 0.4) is 0 Å². The fourth-order valence-corrected chi connectivity index (χ4v) is 2.16. The predicted octanol–water partition coefficient (Wildman–Crippen LogP) is 4.50. The van der Waals surface area contributed by atoms with Gasteiger partial charge in [0.2, 0.25) is 0 Å². The number of nitrogens with one attached hydrogen (secondary N) is 1. The highest BCUT2D eigenvalue weighted by molar-refractivity contribution is 5.95. The molecule has 0 unspecified atom stereocenters. The fourth-order valence-electron chi connectivity index (χ4n) is 2.16. The summed E-state index contributed by atoms with van der Waals surface area (Å²) in [5, 5.41) is 2.90. The van der Waals surface area contributed by atoms with Crippen LogP contribution in [0.5, 0.6) is 0 Å². The lowest BCUT2D eigenvalue weighted by Crippen LogP contribution is -2.20. The van der Waals surface area contributed by atoms with Crippen LogP contribution in [0, 0.1) is 5.41 Å². The monoisotopic (exact) mass is 279 g/mol. The minimum absolute atomic E-state index is 0.0503. The Balaban J connectivity index is 2.25. The van der Waals surface area contributed by atoms with Crippen LogP contribution in [0.4, 0.5) is 0 Å². The summed E-state index contributed by atoms with van der Waals surface area (Å²) in [6.07, 6.45) is 1.82. The topological polar surface area (TPSA) is 29.1 Å². The molecule has 2 rings (SSSR count). The van der Waals surface area contributed by atoms with Crippen molar-refractivity contribution in [2.24, 2.45) is 5.41 Å². The van der Waals surface area contributed by atoms with E-state index in [2.05, 4.69) is 38.2 Å². The summed E-state index contributed by atoms with van der Waals surface area (Å²) in [6.45, 7) is 6.42. The lowest BCUT2D eigenvalue weighted by atomic mass is 9.83. The van der Waals surface area contributed by atoms with Crippen molar-refractivity contribution in [1.29, 1.82) is 0 Å². The van der Waals surface area contributed by atoms with E-state index in [1.165, 1.54) is 0 Å². The van der Waals surface area contributed by atoms with E-state index >= 15 is 0 Å². The van der Waals surface area contributed by atoms with E-state index in [4.69, 9.17) is 0 Å². The molecule has 0 fully saturated rings. The van der Waals surface area contributed by atoms with Crippen LogP contribution in [0.1, 0.15) is 36.7 Å².